The number of aromatic nitrogens is 3. The minimum absolute atomic E-state index is 0.634. The molecule has 96 valence electrons. The number of rotatable bonds is 4. The van der Waals surface area contributed by atoms with Gasteiger partial charge in [-0.1, -0.05) is 21.1 Å². The molecule has 1 N–H and O–H groups in total. The number of methoxy groups -OCH3 is 1. The van der Waals surface area contributed by atoms with Gasteiger partial charge in [-0.3, -0.25) is 0 Å². The normalized spacial score (nSPS) is 12.4. The number of ether oxygens (including phenoxy) is 1. The second kappa shape index (κ2) is 5.49. The predicted octanol–water partition coefficient (Wildman–Crippen LogP) is 2.15. The van der Waals surface area contributed by atoms with E-state index in [-0.39, 0.29) is 0 Å². The molecule has 1 atom stereocenters. The first-order valence-electron chi connectivity index (χ1n) is 5.57. The van der Waals surface area contributed by atoms with Gasteiger partial charge in [0, 0.05) is 16.6 Å². The van der Waals surface area contributed by atoms with Crippen LogP contribution in [0.1, 0.15) is 24.3 Å². The van der Waals surface area contributed by atoms with Crippen molar-refractivity contribution in [1.82, 2.24) is 15.0 Å². The van der Waals surface area contributed by atoms with Crippen LogP contribution < -0.4 is 4.74 Å². The van der Waals surface area contributed by atoms with Crippen molar-refractivity contribution in [2.24, 2.45) is 0 Å². The summed E-state index contributed by atoms with van der Waals surface area (Å²) in [7, 11) is 1.58. The highest BCUT2D eigenvalue weighted by Crippen LogP contribution is 2.31. The number of aliphatic hydroxyl groups excluding tert-OH is 1. The van der Waals surface area contributed by atoms with E-state index in [0.717, 1.165) is 4.47 Å². The SMILES string of the molecule is CCn1nncc1C(O)c1cc(Br)ccc1OC. The highest BCUT2D eigenvalue weighted by atomic mass is 79.9. The Morgan fingerprint density at radius 3 is 2.94 bits per heavy atom. The van der Waals surface area contributed by atoms with E-state index >= 15 is 0 Å². The van der Waals surface area contributed by atoms with Gasteiger partial charge in [-0.05, 0) is 25.1 Å². The number of aryl methyl sites for hydroxylation is 1. The van der Waals surface area contributed by atoms with E-state index in [2.05, 4.69) is 26.2 Å². The first-order valence-corrected chi connectivity index (χ1v) is 6.36. The molecule has 6 heteroatoms. The number of hydrogen-bond donors (Lipinski definition) is 1. The zero-order valence-electron chi connectivity index (χ0n) is 10.2. The molecule has 0 bridgehead atoms. The van der Waals surface area contributed by atoms with Crippen LogP contribution in [0.25, 0.3) is 0 Å². The fourth-order valence-corrected chi connectivity index (χ4v) is 2.18. The van der Waals surface area contributed by atoms with Gasteiger partial charge in [0.15, 0.2) is 0 Å². The lowest BCUT2D eigenvalue weighted by molar-refractivity contribution is 0.203. The molecule has 0 fully saturated rings. The molecule has 0 aliphatic heterocycles. The smallest absolute Gasteiger partial charge is 0.126 e. The van der Waals surface area contributed by atoms with Crippen LogP contribution in [0.4, 0.5) is 0 Å². The lowest BCUT2D eigenvalue weighted by Gasteiger charge is -2.15. The standard InChI is InChI=1S/C12H14BrN3O2/c1-3-16-10(7-14-15-16)12(17)9-6-8(13)4-5-11(9)18-2/h4-7,12,17H,3H2,1-2H3. The Morgan fingerprint density at radius 1 is 1.50 bits per heavy atom. The zero-order valence-corrected chi connectivity index (χ0v) is 11.8. The van der Waals surface area contributed by atoms with Crippen LogP contribution in [-0.2, 0) is 6.54 Å². The van der Waals surface area contributed by atoms with Crippen molar-refractivity contribution < 1.29 is 9.84 Å². The van der Waals surface area contributed by atoms with Crippen molar-refractivity contribution in [3.63, 3.8) is 0 Å². The topological polar surface area (TPSA) is 60.2 Å². The maximum atomic E-state index is 10.4. The summed E-state index contributed by atoms with van der Waals surface area (Å²) >= 11 is 3.39. The minimum Gasteiger partial charge on any atom is -0.496 e. The van der Waals surface area contributed by atoms with E-state index in [4.69, 9.17) is 4.74 Å². The van der Waals surface area contributed by atoms with Gasteiger partial charge < -0.3 is 9.84 Å². The lowest BCUT2D eigenvalue weighted by Crippen LogP contribution is -2.10. The second-order valence-corrected chi connectivity index (χ2v) is 4.68. The van der Waals surface area contributed by atoms with Gasteiger partial charge in [-0.2, -0.15) is 0 Å². The third kappa shape index (κ3) is 2.39. The third-order valence-electron chi connectivity index (χ3n) is 2.71. The van der Waals surface area contributed by atoms with Crippen LogP contribution in [-0.4, -0.2) is 27.2 Å². The molecule has 1 heterocycles. The Labute approximate surface area is 114 Å². The predicted molar refractivity (Wildman–Crippen MR) is 70.5 cm³/mol. The van der Waals surface area contributed by atoms with Crippen molar-refractivity contribution in [3.05, 3.63) is 40.1 Å². The summed E-state index contributed by atoms with van der Waals surface area (Å²) in [6.45, 7) is 2.60. The summed E-state index contributed by atoms with van der Waals surface area (Å²) in [6.07, 6.45) is 0.751. The van der Waals surface area contributed by atoms with Gasteiger partial charge in [-0.25, -0.2) is 4.68 Å². The Balaban J connectivity index is 2.45. The van der Waals surface area contributed by atoms with Crippen molar-refractivity contribution in [3.8, 4) is 5.75 Å². The van der Waals surface area contributed by atoms with Gasteiger partial charge in [-0.15, -0.1) is 5.10 Å². The average molecular weight is 312 g/mol. The van der Waals surface area contributed by atoms with E-state index in [1.54, 1.807) is 18.0 Å². The van der Waals surface area contributed by atoms with E-state index in [0.29, 0.717) is 23.6 Å². The van der Waals surface area contributed by atoms with Crippen LogP contribution in [0.2, 0.25) is 0 Å². The van der Waals surface area contributed by atoms with Gasteiger partial charge in [0.2, 0.25) is 0 Å². The number of nitrogens with zero attached hydrogens (tertiary/aromatic N) is 3. The fourth-order valence-electron chi connectivity index (χ4n) is 1.80. The molecule has 0 saturated carbocycles. The van der Waals surface area contributed by atoms with Crippen molar-refractivity contribution in [2.45, 2.75) is 19.6 Å². The molecule has 0 aliphatic rings. The Kier molecular flexibility index (Phi) is 3.98. The molecule has 2 aromatic rings. The largest absolute Gasteiger partial charge is 0.496 e. The Bertz CT molecular complexity index is 542. The Morgan fingerprint density at radius 2 is 2.28 bits per heavy atom. The van der Waals surface area contributed by atoms with Crippen LogP contribution in [0.5, 0.6) is 5.75 Å². The molecule has 18 heavy (non-hydrogen) atoms. The monoisotopic (exact) mass is 311 g/mol. The third-order valence-corrected chi connectivity index (χ3v) is 3.21. The maximum absolute atomic E-state index is 10.4. The van der Waals surface area contributed by atoms with Gasteiger partial charge in [0.05, 0.1) is 19.0 Å². The number of hydrogen-bond acceptors (Lipinski definition) is 4. The molecule has 2 rings (SSSR count). The zero-order chi connectivity index (χ0) is 13.1. The highest BCUT2D eigenvalue weighted by molar-refractivity contribution is 9.10. The first-order chi connectivity index (χ1) is 8.67. The molecular weight excluding hydrogens is 298 g/mol. The molecule has 0 amide bonds. The maximum Gasteiger partial charge on any atom is 0.126 e. The quantitative estimate of drug-likeness (QED) is 0.940. The molecule has 1 unspecified atom stereocenters. The van der Waals surface area contributed by atoms with Crippen LogP contribution >= 0.6 is 15.9 Å². The van der Waals surface area contributed by atoms with Crippen molar-refractivity contribution >= 4 is 15.9 Å². The summed E-state index contributed by atoms with van der Waals surface area (Å²) in [5.41, 5.74) is 1.33. The summed E-state index contributed by atoms with van der Waals surface area (Å²) in [4.78, 5) is 0. The summed E-state index contributed by atoms with van der Waals surface area (Å²) in [6, 6.07) is 5.50. The number of aliphatic hydroxyl groups is 1. The van der Waals surface area contributed by atoms with E-state index in [1.165, 1.54) is 0 Å². The second-order valence-electron chi connectivity index (χ2n) is 3.76. The number of halogens is 1. The number of benzene rings is 1. The molecule has 0 radical (unpaired) electrons. The first kappa shape index (κ1) is 13.0. The van der Waals surface area contributed by atoms with Gasteiger partial charge in [0.25, 0.3) is 0 Å². The molecule has 1 aromatic carbocycles. The van der Waals surface area contributed by atoms with E-state index in [9.17, 15) is 5.11 Å². The molecular formula is C12H14BrN3O2. The van der Waals surface area contributed by atoms with Crippen LogP contribution in [0, 0.1) is 0 Å². The average Bonchev–Trinajstić information content (AvgIpc) is 2.86. The molecule has 0 saturated heterocycles. The highest BCUT2D eigenvalue weighted by Gasteiger charge is 2.19. The lowest BCUT2D eigenvalue weighted by atomic mass is 10.1. The van der Waals surface area contributed by atoms with Crippen LogP contribution in [0.3, 0.4) is 0 Å². The minimum atomic E-state index is -0.813. The molecule has 5 nitrogen and oxygen atoms in total. The van der Waals surface area contributed by atoms with E-state index in [1.807, 2.05) is 25.1 Å². The van der Waals surface area contributed by atoms with Crippen LogP contribution in [0.15, 0.2) is 28.9 Å². The Hall–Kier alpha value is -1.40. The van der Waals surface area contributed by atoms with Crippen molar-refractivity contribution in [1.29, 1.82) is 0 Å². The van der Waals surface area contributed by atoms with Crippen molar-refractivity contribution in [2.75, 3.05) is 7.11 Å². The fraction of sp³-hybridized carbons (Fsp3) is 0.333. The summed E-state index contributed by atoms with van der Waals surface area (Å²) < 4.78 is 7.80. The molecule has 1 aromatic heterocycles. The molecule has 0 aliphatic carbocycles. The van der Waals surface area contributed by atoms with E-state index < -0.39 is 6.10 Å². The van der Waals surface area contributed by atoms with Gasteiger partial charge in [0.1, 0.15) is 11.9 Å². The summed E-state index contributed by atoms with van der Waals surface area (Å²) in [5.74, 6) is 0.634. The summed E-state index contributed by atoms with van der Waals surface area (Å²) in [5, 5.41) is 18.2. The van der Waals surface area contributed by atoms with Gasteiger partial charge >= 0.3 is 0 Å². The molecule has 0 spiro atoms.